The van der Waals surface area contributed by atoms with Gasteiger partial charge in [-0.05, 0) is 220 Å². The summed E-state index contributed by atoms with van der Waals surface area (Å²) >= 11 is 0. The summed E-state index contributed by atoms with van der Waals surface area (Å²) in [5.74, 6) is -0.919. The first-order chi connectivity index (χ1) is 48.9. The van der Waals surface area contributed by atoms with Crippen LogP contribution in [0, 0.1) is 37.1 Å². The van der Waals surface area contributed by atoms with E-state index in [0.29, 0.717) is 5.56 Å². The normalized spacial score (nSPS) is 15.5. The maximum absolute atomic E-state index is 13.7. The van der Waals surface area contributed by atoms with Crippen molar-refractivity contribution in [2.45, 2.75) is 78.1 Å². The van der Waals surface area contributed by atoms with Crippen LogP contribution in [-0.2, 0) is 64.2 Å². The van der Waals surface area contributed by atoms with E-state index >= 15 is 0 Å². The maximum atomic E-state index is 13.7. The minimum Gasteiger partial charge on any atom is -0.320 e. The van der Waals surface area contributed by atoms with Crippen molar-refractivity contribution in [3.8, 4) is 0 Å². The fourth-order valence-corrected chi connectivity index (χ4v) is 14.4. The minimum atomic E-state index is -4.33. The zero-order valence-corrected chi connectivity index (χ0v) is 57.6. The highest BCUT2D eigenvalue weighted by Crippen LogP contribution is 2.38. The molecule has 8 nitrogen and oxygen atoms in total. The van der Waals surface area contributed by atoms with E-state index < -0.39 is 23.5 Å². The number of nitrogens with zero attached hydrogens (tertiary/aromatic N) is 8. The average Bonchev–Trinajstić information content (AvgIpc) is 1.63. The highest BCUT2D eigenvalue weighted by Gasteiger charge is 2.32. The van der Waals surface area contributed by atoms with E-state index in [4.69, 9.17) is 0 Å². The number of likely N-dealkylation sites (N-methyl/N-ethyl adjacent to an activating group) is 4. The van der Waals surface area contributed by atoms with E-state index in [1.54, 1.807) is 42.5 Å². The second-order valence-electron chi connectivity index (χ2n) is 27.1. The Morgan fingerprint density at radius 2 is 0.618 bits per heavy atom. The third-order valence-corrected chi connectivity index (χ3v) is 19.6. The highest BCUT2D eigenvalue weighted by atomic mass is 19.4. The zero-order valence-electron chi connectivity index (χ0n) is 57.6. The molecule has 8 aromatic carbocycles. The van der Waals surface area contributed by atoms with Crippen LogP contribution in [0.5, 0.6) is 0 Å². The van der Waals surface area contributed by atoms with E-state index in [2.05, 4.69) is 116 Å². The Hall–Kier alpha value is -9.98. The number of rotatable bonds is 8. The van der Waals surface area contributed by atoms with Crippen LogP contribution in [0.2, 0.25) is 0 Å². The van der Waals surface area contributed by atoms with Gasteiger partial charge in [0, 0.05) is 147 Å². The standard InChI is InChI=1S/2C22H21F3N2.2C20H18F2N2/c1-15-3-8-20-18(13-15)19-14-26(2)11-10-21(19)27(20)12-9-16-4-6-17(7-5-16)22(23,24)25;1-15-6-7-20-18(12-15)19-14-26(2)10-9-21(19)27(20)11-8-16-4-3-5-17(13-16)22(23,24)25;1-23-10-9-20-18(13-23)17-12-16(22)6-7-19(17)24(20)11-8-14-2-4-15(21)5-3-14;1-23-9-8-20-18(13-23)17-12-16(22)5-6-19(17)24(20)10-7-14-3-2-4-15(21)11-14/h3-9,12-13H,10-11,14H2,1-2H3;3-8,11-13H,9-10,14H2,1-2H3;2-8,11-12H,9-10,13H2,1H3;2-7,10-12H,8-9,13H2,1H3/b12-9+;11-8-;11-8+;10-7-. The molecule has 18 heteroatoms. The fourth-order valence-electron chi connectivity index (χ4n) is 14.4. The van der Waals surface area contributed by atoms with Crippen LogP contribution in [-0.4, -0.2) is 92.2 Å². The Morgan fingerprint density at radius 1 is 0.304 bits per heavy atom. The molecule has 0 radical (unpaired) electrons. The molecule has 0 N–H and O–H groups in total. The fraction of sp³-hybridized carbons (Fsp3) is 0.238. The van der Waals surface area contributed by atoms with Crippen LogP contribution < -0.4 is 0 Å². The first-order valence-corrected chi connectivity index (χ1v) is 34.1. The topological polar surface area (TPSA) is 32.7 Å². The zero-order chi connectivity index (χ0) is 71.7. The van der Waals surface area contributed by atoms with Crippen LogP contribution in [0.15, 0.2) is 170 Å². The molecule has 524 valence electrons. The number of benzene rings is 8. The molecule has 0 saturated heterocycles. The number of aryl methyl sites for hydroxylation is 2. The molecule has 4 aliphatic rings. The van der Waals surface area contributed by atoms with Crippen molar-refractivity contribution in [1.82, 2.24) is 37.9 Å². The Kier molecular flexibility index (Phi) is 20.4. The minimum absolute atomic E-state index is 0.210. The largest absolute Gasteiger partial charge is 0.416 e. The molecule has 4 aliphatic heterocycles. The molecule has 0 fully saturated rings. The third kappa shape index (κ3) is 15.6. The molecule has 0 amide bonds. The van der Waals surface area contributed by atoms with E-state index in [9.17, 15) is 43.9 Å². The SMILES string of the molecule is CN1CCc2c(c3cc(F)ccc3n2/C=C/c2ccc(F)cc2)C1.CN1CCc2c(c3cc(F)ccc3n2/C=C\c2cccc(F)c2)C1.Cc1ccc2c(c1)c1c(n2/C=C/c2ccc(C(F)(F)F)cc2)CCN(C)C1.Cc1ccc2c(c1)c1c(n2/C=C\c2cccc(C(F)(F)F)c2)CCN(C)C1. The van der Waals surface area contributed by atoms with Gasteiger partial charge in [0.2, 0.25) is 0 Å². The van der Waals surface area contributed by atoms with Gasteiger partial charge in [0.15, 0.2) is 0 Å². The summed E-state index contributed by atoms with van der Waals surface area (Å²) in [5, 5.41) is 4.42. The summed E-state index contributed by atoms with van der Waals surface area (Å²) in [6, 6.07) is 46.3. The molecule has 0 spiro atoms. The lowest BCUT2D eigenvalue weighted by Gasteiger charge is -2.23. The first-order valence-electron chi connectivity index (χ1n) is 34.1. The van der Waals surface area contributed by atoms with Crippen LogP contribution in [0.3, 0.4) is 0 Å². The summed E-state index contributed by atoms with van der Waals surface area (Å²) in [6.07, 6.45) is 10.4. The van der Waals surface area contributed by atoms with Crippen molar-refractivity contribution in [2.75, 3.05) is 54.4 Å². The quantitative estimate of drug-likeness (QED) is 0.142. The van der Waals surface area contributed by atoms with E-state index in [1.165, 1.54) is 128 Å². The van der Waals surface area contributed by atoms with Gasteiger partial charge in [-0.15, -0.1) is 0 Å². The highest BCUT2D eigenvalue weighted by molar-refractivity contribution is 5.92. The molecular formula is C84H78F10N8. The van der Waals surface area contributed by atoms with Crippen molar-refractivity contribution in [3.63, 3.8) is 0 Å². The van der Waals surface area contributed by atoms with Crippen LogP contribution in [0.25, 0.3) is 92.7 Å². The Labute approximate surface area is 586 Å². The summed E-state index contributed by atoms with van der Waals surface area (Å²) in [5.41, 5.74) is 18.5. The van der Waals surface area contributed by atoms with Gasteiger partial charge in [-0.2, -0.15) is 26.3 Å². The number of alkyl halides is 6. The van der Waals surface area contributed by atoms with Crippen LogP contribution in [0.4, 0.5) is 43.9 Å². The van der Waals surface area contributed by atoms with E-state index in [1.807, 2.05) is 61.2 Å². The molecule has 0 bridgehead atoms. The van der Waals surface area contributed by atoms with Gasteiger partial charge in [-0.3, -0.25) is 0 Å². The molecule has 0 saturated carbocycles. The summed E-state index contributed by atoms with van der Waals surface area (Å²) in [6.45, 7) is 11.5. The average molecular weight is 1390 g/mol. The molecule has 0 unspecified atom stereocenters. The second-order valence-corrected chi connectivity index (χ2v) is 27.1. The number of hydrogen-bond donors (Lipinski definition) is 0. The molecule has 12 aromatic rings. The number of aromatic nitrogens is 4. The van der Waals surface area contributed by atoms with Gasteiger partial charge in [-0.1, -0.05) is 71.8 Å². The molecule has 0 atom stereocenters. The molecule has 102 heavy (non-hydrogen) atoms. The van der Waals surface area contributed by atoms with Crippen molar-refractivity contribution in [2.24, 2.45) is 0 Å². The Bertz CT molecular complexity index is 5190. The van der Waals surface area contributed by atoms with E-state index in [-0.39, 0.29) is 23.3 Å². The second kappa shape index (κ2) is 29.5. The Balaban J connectivity index is 0.000000122. The van der Waals surface area contributed by atoms with Crippen molar-refractivity contribution >= 4 is 92.7 Å². The lowest BCUT2D eigenvalue weighted by Crippen LogP contribution is -2.26. The van der Waals surface area contributed by atoms with Gasteiger partial charge in [0.05, 0.1) is 33.2 Å². The van der Waals surface area contributed by atoms with Crippen LogP contribution >= 0.6 is 0 Å². The van der Waals surface area contributed by atoms with Crippen molar-refractivity contribution < 1.29 is 43.9 Å². The van der Waals surface area contributed by atoms with Crippen molar-refractivity contribution in [1.29, 1.82) is 0 Å². The number of halogens is 10. The van der Waals surface area contributed by atoms with Gasteiger partial charge in [-0.25, -0.2) is 17.6 Å². The lowest BCUT2D eigenvalue weighted by atomic mass is 10.0. The molecule has 16 rings (SSSR count). The lowest BCUT2D eigenvalue weighted by molar-refractivity contribution is -0.138. The maximum Gasteiger partial charge on any atom is 0.416 e. The van der Waals surface area contributed by atoms with Gasteiger partial charge in [0.1, 0.15) is 23.3 Å². The first kappa shape index (κ1) is 70.5. The molecule has 8 heterocycles. The van der Waals surface area contributed by atoms with E-state index in [0.717, 1.165) is 146 Å². The Morgan fingerprint density at radius 3 is 0.990 bits per heavy atom. The summed E-state index contributed by atoms with van der Waals surface area (Å²) in [7, 11) is 8.40. The van der Waals surface area contributed by atoms with Gasteiger partial charge in [0.25, 0.3) is 0 Å². The number of hydrogen-bond acceptors (Lipinski definition) is 4. The van der Waals surface area contributed by atoms with Crippen LogP contribution in [0.1, 0.15) is 89.5 Å². The monoisotopic (exact) mass is 1390 g/mol. The smallest absolute Gasteiger partial charge is 0.320 e. The number of fused-ring (bicyclic) bond motifs is 12. The third-order valence-electron chi connectivity index (χ3n) is 19.6. The van der Waals surface area contributed by atoms with Gasteiger partial charge < -0.3 is 37.9 Å². The predicted molar refractivity (Wildman–Crippen MR) is 394 cm³/mol. The molecular weight excluding hydrogens is 1310 g/mol. The molecule has 4 aromatic heterocycles. The predicted octanol–water partition coefficient (Wildman–Crippen LogP) is 20.2. The van der Waals surface area contributed by atoms with Crippen molar-refractivity contribution in [3.05, 3.63) is 283 Å². The molecule has 0 aliphatic carbocycles. The van der Waals surface area contributed by atoms with Gasteiger partial charge >= 0.3 is 12.4 Å². The summed E-state index contributed by atoms with van der Waals surface area (Å²) < 4.78 is 139. The summed E-state index contributed by atoms with van der Waals surface area (Å²) in [4.78, 5) is 9.10.